The van der Waals surface area contributed by atoms with Gasteiger partial charge in [0.2, 0.25) is 0 Å². The third-order valence-corrected chi connectivity index (χ3v) is 3.06. The SMILES string of the molecule is Fc1ccc(CBr)c(-c2cccc(F)c2F)c1. The van der Waals surface area contributed by atoms with Gasteiger partial charge in [-0.05, 0) is 29.3 Å². The molecule has 0 aromatic heterocycles. The molecule has 4 heteroatoms. The first-order chi connectivity index (χ1) is 8.13. The number of benzene rings is 2. The van der Waals surface area contributed by atoms with E-state index in [1.807, 2.05) is 0 Å². The zero-order chi connectivity index (χ0) is 12.4. The topological polar surface area (TPSA) is 0 Å². The minimum absolute atomic E-state index is 0.0685. The van der Waals surface area contributed by atoms with Crippen molar-refractivity contribution in [3.05, 3.63) is 59.4 Å². The van der Waals surface area contributed by atoms with E-state index < -0.39 is 17.5 Å². The zero-order valence-electron chi connectivity index (χ0n) is 8.68. The fourth-order valence-corrected chi connectivity index (χ4v) is 2.12. The van der Waals surface area contributed by atoms with Gasteiger partial charge in [-0.25, -0.2) is 13.2 Å². The van der Waals surface area contributed by atoms with E-state index in [4.69, 9.17) is 0 Å². The lowest BCUT2D eigenvalue weighted by Crippen LogP contribution is -1.93. The van der Waals surface area contributed by atoms with Gasteiger partial charge in [0.05, 0.1) is 0 Å². The molecule has 0 amide bonds. The summed E-state index contributed by atoms with van der Waals surface area (Å²) in [5.41, 5.74) is 1.13. The Balaban J connectivity index is 2.67. The van der Waals surface area contributed by atoms with Crippen molar-refractivity contribution in [3.8, 4) is 11.1 Å². The lowest BCUT2D eigenvalue weighted by atomic mass is 10.00. The quantitative estimate of drug-likeness (QED) is 0.707. The zero-order valence-corrected chi connectivity index (χ0v) is 10.3. The Labute approximate surface area is 105 Å². The second kappa shape index (κ2) is 4.92. The van der Waals surface area contributed by atoms with Gasteiger partial charge in [0, 0.05) is 10.9 Å². The van der Waals surface area contributed by atoms with Crippen LogP contribution in [0.3, 0.4) is 0 Å². The average molecular weight is 301 g/mol. The van der Waals surface area contributed by atoms with Crippen molar-refractivity contribution in [3.63, 3.8) is 0 Å². The summed E-state index contributed by atoms with van der Waals surface area (Å²) < 4.78 is 39.9. The molecule has 0 nitrogen and oxygen atoms in total. The third kappa shape index (κ3) is 2.36. The molecular weight excluding hydrogens is 293 g/mol. The van der Waals surface area contributed by atoms with E-state index in [2.05, 4.69) is 15.9 Å². The summed E-state index contributed by atoms with van der Waals surface area (Å²) in [7, 11) is 0. The Morgan fingerprint density at radius 3 is 2.41 bits per heavy atom. The van der Waals surface area contributed by atoms with E-state index >= 15 is 0 Å². The van der Waals surface area contributed by atoms with Gasteiger partial charge in [0.25, 0.3) is 0 Å². The van der Waals surface area contributed by atoms with Crippen LogP contribution in [0.1, 0.15) is 5.56 Å². The molecule has 0 saturated carbocycles. The van der Waals surface area contributed by atoms with Gasteiger partial charge < -0.3 is 0 Å². The highest BCUT2D eigenvalue weighted by atomic mass is 79.9. The van der Waals surface area contributed by atoms with Crippen molar-refractivity contribution in [2.24, 2.45) is 0 Å². The maximum absolute atomic E-state index is 13.6. The van der Waals surface area contributed by atoms with Gasteiger partial charge in [-0.2, -0.15) is 0 Å². The van der Waals surface area contributed by atoms with Crippen molar-refractivity contribution >= 4 is 15.9 Å². The molecule has 0 aliphatic rings. The smallest absolute Gasteiger partial charge is 0.166 e. The third-order valence-electron chi connectivity index (χ3n) is 2.46. The molecule has 0 atom stereocenters. The van der Waals surface area contributed by atoms with Crippen molar-refractivity contribution < 1.29 is 13.2 Å². The monoisotopic (exact) mass is 300 g/mol. The standard InChI is InChI=1S/C13H8BrF3/c14-7-8-4-5-9(15)6-11(8)10-2-1-3-12(16)13(10)17/h1-6H,7H2. The number of halogens is 4. The molecule has 2 aromatic rings. The van der Waals surface area contributed by atoms with E-state index in [0.29, 0.717) is 16.5 Å². The van der Waals surface area contributed by atoms with Crippen LogP contribution in [-0.2, 0) is 5.33 Å². The van der Waals surface area contributed by atoms with Crippen LogP contribution in [0.25, 0.3) is 11.1 Å². The van der Waals surface area contributed by atoms with Crippen LogP contribution in [0.5, 0.6) is 0 Å². The summed E-state index contributed by atoms with van der Waals surface area (Å²) in [6.07, 6.45) is 0. The lowest BCUT2D eigenvalue weighted by Gasteiger charge is -2.09. The molecule has 0 bridgehead atoms. The Kier molecular flexibility index (Phi) is 3.52. The van der Waals surface area contributed by atoms with Gasteiger partial charge >= 0.3 is 0 Å². The summed E-state index contributed by atoms with van der Waals surface area (Å²) >= 11 is 3.23. The molecule has 0 fully saturated rings. The van der Waals surface area contributed by atoms with Crippen LogP contribution in [0.4, 0.5) is 13.2 Å². The van der Waals surface area contributed by atoms with Crippen LogP contribution in [0.15, 0.2) is 36.4 Å². The Morgan fingerprint density at radius 1 is 0.941 bits per heavy atom. The van der Waals surface area contributed by atoms with E-state index in [1.165, 1.54) is 24.3 Å². The summed E-state index contributed by atoms with van der Waals surface area (Å²) in [6, 6.07) is 7.90. The molecule has 0 saturated heterocycles. The van der Waals surface area contributed by atoms with Crippen LogP contribution >= 0.6 is 15.9 Å². The van der Waals surface area contributed by atoms with E-state index in [9.17, 15) is 13.2 Å². The first-order valence-corrected chi connectivity index (χ1v) is 6.04. The highest BCUT2D eigenvalue weighted by molar-refractivity contribution is 9.08. The largest absolute Gasteiger partial charge is 0.207 e. The molecule has 0 N–H and O–H groups in total. The lowest BCUT2D eigenvalue weighted by molar-refractivity contribution is 0.511. The number of hydrogen-bond acceptors (Lipinski definition) is 0. The summed E-state index contributed by atoms with van der Waals surface area (Å²) in [5.74, 6) is -2.37. The Hall–Kier alpha value is -1.29. The molecule has 17 heavy (non-hydrogen) atoms. The fourth-order valence-electron chi connectivity index (χ4n) is 1.63. The van der Waals surface area contributed by atoms with Gasteiger partial charge in [0.15, 0.2) is 11.6 Å². The van der Waals surface area contributed by atoms with Crippen LogP contribution in [-0.4, -0.2) is 0 Å². The summed E-state index contributed by atoms with van der Waals surface area (Å²) in [6.45, 7) is 0. The van der Waals surface area contributed by atoms with Gasteiger partial charge in [-0.15, -0.1) is 0 Å². The first kappa shape index (κ1) is 12.2. The predicted octanol–water partition coefficient (Wildman–Crippen LogP) is 4.67. The Bertz CT molecular complexity index is 552. The summed E-state index contributed by atoms with van der Waals surface area (Å²) in [4.78, 5) is 0. The van der Waals surface area contributed by atoms with Crippen molar-refractivity contribution in [2.45, 2.75) is 5.33 Å². The fraction of sp³-hybridized carbons (Fsp3) is 0.0769. The highest BCUT2D eigenvalue weighted by Gasteiger charge is 2.13. The molecule has 2 aromatic carbocycles. The Morgan fingerprint density at radius 2 is 1.71 bits per heavy atom. The molecule has 2 rings (SSSR count). The van der Waals surface area contributed by atoms with E-state index in [0.717, 1.165) is 6.07 Å². The highest BCUT2D eigenvalue weighted by Crippen LogP contribution is 2.29. The van der Waals surface area contributed by atoms with Crippen LogP contribution in [0, 0.1) is 17.5 Å². The molecular formula is C13H8BrF3. The van der Waals surface area contributed by atoms with E-state index in [1.54, 1.807) is 6.07 Å². The molecule has 0 unspecified atom stereocenters. The molecule has 0 spiro atoms. The number of hydrogen-bond donors (Lipinski definition) is 0. The number of rotatable bonds is 2. The normalized spacial score (nSPS) is 10.6. The molecule has 0 aliphatic heterocycles. The van der Waals surface area contributed by atoms with Crippen molar-refractivity contribution in [1.82, 2.24) is 0 Å². The van der Waals surface area contributed by atoms with Gasteiger partial charge in [-0.3, -0.25) is 0 Å². The molecule has 88 valence electrons. The average Bonchev–Trinajstić information content (AvgIpc) is 2.33. The van der Waals surface area contributed by atoms with Crippen molar-refractivity contribution in [2.75, 3.05) is 0 Å². The van der Waals surface area contributed by atoms with Gasteiger partial charge in [-0.1, -0.05) is 34.1 Å². The number of alkyl halides is 1. The van der Waals surface area contributed by atoms with Crippen LogP contribution < -0.4 is 0 Å². The minimum Gasteiger partial charge on any atom is -0.207 e. The molecule has 0 heterocycles. The molecule has 0 aliphatic carbocycles. The first-order valence-electron chi connectivity index (χ1n) is 4.92. The maximum atomic E-state index is 13.6. The second-order valence-corrected chi connectivity index (χ2v) is 4.10. The molecule has 0 radical (unpaired) electrons. The minimum atomic E-state index is -0.958. The maximum Gasteiger partial charge on any atom is 0.166 e. The van der Waals surface area contributed by atoms with Gasteiger partial charge in [0.1, 0.15) is 5.82 Å². The second-order valence-electron chi connectivity index (χ2n) is 3.54. The van der Waals surface area contributed by atoms with Crippen LogP contribution in [0.2, 0.25) is 0 Å². The van der Waals surface area contributed by atoms with E-state index in [-0.39, 0.29) is 5.56 Å². The van der Waals surface area contributed by atoms with Crippen molar-refractivity contribution in [1.29, 1.82) is 0 Å². The summed E-state index contributed by atoms with van der Waals surface area (Å²) in [5, 5.41) is 0.443. The predicted molar refractivity (Wildman–Crippen MR) is 64.4 cm³/mol.